The zero-order valence-corrected chi connectivity index (χ0v) is 22.6. The number of nitrogens with zero attached hydrogens (tertiary/aromatic N) is 2. The summed E-state index contributed by atoms with van der Waals surface area (Å²) in [5.41, 5.74) is 0.967. The molecule has 1 atom stereocenters. The fourth-order valence-corrected chi connectivity index (χ4v) is 5.12. The summed E-state index contributed by atoms with van der Waals surface area (Å²) in [7, 11) is -2.62. The SMILES string of the molecule is COc1ccc2ccc(S(=O)(=O)O)cc2c1.O=C1CCCN1C(Oc1ccccc1)c1ccc2ccncc2c1. The van der Waals surface area contributed by atoms with Crippen molar-refractivity contribution < 1.29 is 27.2 Å². The highest BCUT2D eigenvalue weighted by Gasteiger charge is 2.30. The summed E-state index contributed by atoms with van der Waals surface area (Å²) in [5, 5.41) is 3.76. The molecule has 1 unspecified atom stereocenters. The molecule has 4 aromatic carbocycles. The fourth-order valence-electron chi connectivity index (χ4n) is 4.60. The van der Waals surface area contributed by atoms with Crippen molar-refractivity contribution in [1.29, 1.82) is 0 Å². The Morgan fingerprint density at radius 3 is 2.33 bits per heavy atom. The number of pyridine rings is 1. The van der Waals surface area contributed by atoms with E-state index in [1.807, 2.05) is 65.7 Å². The molecule has 1 aromatic heterocycles. The van der Waals surface area contributed by atoms with Gasteiger partial charge in [0.05, 0.1) is 12.0 Å². The molecule has 2 heterocycles. The molecule has 0 saturated carbocycles. The molecule has 1 fully saturated rings. The van der Waals surface area contributed by atoms with Crippen molar-refractivity contribution in [2.24, 2.45) is 0 Å². The van der Waals surface area contributed by atoms with Gasteiger partial charge in [0.1, 0.15) is 11.5 Å². The first kappa shape index (κ1) is 27.1. The third-order valence-electron chi connectivity index (χ3n) is 6.65. The van der Waals surface area contributed by atoms with E-state index < -0.39 is 16.3 Å². The Kier molecular flexibility index (Phi) is 7.95. The second-order valence-corrected chi connectivity index (χ2v) is 10.7. The van der Waals surface area contributed by atoms with E-state index in [0.29, 0.717) is 17.6 Å². The van der Waals surface area contributed by atoms with Gasteiger partial charge in [-0.25, -0.2) is 0 Å². The van der Waals surface area contributed by atoms with E-state index in [0.717, 1.165) is 40.4 Å². The lowest BCUT2D eigenvalue weighted by molar-refractivity contribution is -0.135. The van der Waals surface area contributed by atoms with Crippen LogP contribution in [-0.4, -0.2) is 42.4 Å². The number of carbonyl (C=O) groups is 1. The third-order valence-corrected chi connectivity index (χ3v) is 7.50. The zero-order chi connectivity index (χ0) is 28.1. The standard InChI is InChI=1S/C20H18N2O2.C11H10O4S/c23-19-7-4-12-22(19)20(24-18-5-2-1-3-6-18)16-9-8-15-10-11-21-14-17(15)13-16;1-15-10-4-2-8-3-5-11(16(12,13)14)7-9(8)6-10/h1-3,5-6,8-11,13-14,20H,4,7,12H2;2-7H,1H3,(H,12,13,14). The van der Waals surface area contributed by atoms with Crippen LogP contribution in [-0.2, 0) is 14.9 Å². The number of fused-ring (bicyclic) bond motifs is 2. The molecule has 40 heavy (non-hydrogen) atoms. The molecule has 6 rings (SSSR count). The molecule has 1 amide bonds. The number of benzene rings is 4. The van der Waals surface area contributed by atoms with Gasteiger partial charge in [0, 0.05) is 36.3 Å². The third kappa shape index (κ3) is 6.22. The first-order valence-corrected chi connectivity index (χ1v) is 14.2. The number of hydrogen-bond acceptors (Lipinski definition) is 6. The van der Waals surface area contributed by atoms with Crippen LogP contribution >= 0.6 is 0 Å². The molecule has 0 spiro atoms. The number of aromatic nitrogens is 1. The Labute approximate surface area is 232 Å². The molecule has 1 N–H and O–H groups in total. The smallest absolute Gasteiger partial charge is 0.294 e. The second-order valence-electron chi connectivity index (χ2n) is 9.31. The maximum atomic E-state index is 12.3. The summed E-state index contributed by atoms with van der Waals surface area (Å²) in [6.45, 7) is 0.724. The van der Waals surface area contributed by atoms with E-state index in [2.05, 4.69) is 11.1 Å². The topological polar surface area (TPSA) is 106 Å². The molecule has 9 heteroatoms. The minimum Gasteiger partial charge on any atom is -0.497 e. The summed E-state index contributed by atoms with van der Waals surface area (Å²) in [6, 6.07) is 27.5. The van der Waals surface area contributed by atoms with Crippen molar-refractivity contribution in [1.82, 2.24) is 9.88 Å². The number of amides is 1. The van der Waals surface area contributed by atoms with Gasteiger partial charge in [0.15, 0.2) is 0 Å². The van der Waals surface area contributed by atoms with Gasteiger partial charge in [-0.3, -0.25) is 14.3 Å². The highest BCUT2D eigenvalue weighted by atomic mass is 32.2. The normalized spacial score (nSPS) is 14.1. The number of rotatable bonds is 6. The number of carbonyl (C=O) groups excluding carboxylic acids is 1. The van der Waals surface area contributed by atoms with Gasteiger partial charge in [-0.1, -0.05) is 42.5 Å². The summed E-state index contributed by atoms with van der Waals surface area (Å²) in [5.74, 6) is 1.54. The van der Waals surface area contributed by atoms with Crippen LogP contribution in [0, 0.1) is 0 Å². The average molecular weight is 557 g/mol. The van der Waals surface area contributed by atoms with Crippen LogP contribution in [0.25, 0.3) is 21.5 Å². The van der Waals surface area contributed by atoms with Gasteiger partial charge in [0.25, 0.3) is 10.1 Å². The fraction of sp³-hybridized carbons (Fsp3) is 0.161. The van der Waals surface area contributed by atoms with E-state index in [1.54, 1.807) is 24.4 Å². The minimum atomic E-state index is -4.15. The molecule has 8 nitrogen and oxygen atoms in total. The Morgan fingerprint density at radius 2 is 1.60 bits per heavy atom. The van der Waals surface area contributed by atoms with Gasteiger partial charge in [-0.15, -0.1) is 0 Å². The predicted molar refractivity (Wildman–Crippen MR) is 153 cm³/mol. The maximum absolute atomic E-state index is 12.3. The average Bonchev–Trinajstić information content (AvgIpc) is 3.40. The van der Waals surface area contributed by atoms with Crippen molar-refractivity contribution in [3.05, 3.63) is 109 Å². The quantitative estimate of drug-likeness (QED) is 0.255. The number of methoxy groups -OCH3 is 1. The Balaban J connectivity index is 0.000000176. The Bertz CT molecular complexity index is 1760. The largest absolute Gasteiger partial charge is 0.497 e. The number of ether oxygens (including phenoxy) is 2. The van der Waals surface area contributed by atoms with Crippen molar-refractivity contribution in [3.63, 3.8) is 0 Å². The van der Waals surface area contributed by atoms with Crippen LogP contribution in [0.4, 0.5) is 0 Å². The highest BCUT2D eigenvalue weighted by Crippen LogP contribution is 2.31. The summed E-state index contributed by atoms with van der Waals surface area (Å²) in [4.78, 5) is 18.2. The lowest BCUT2D eigenvalue weighted by Gasteiger charge is -2.29. The molecule has 0 aliphatic carbocycles. The van der Waals surface area contributed by atoms with E-state index in [-0.39, 0.29) is 10.8 Å². The van der Waals surface area contributed by atoms with Gasteiger partial charge in [0.2, 0.25) is 12.1 Å². The molecule has 1 aliphatic heterocycles. The minimum absolute atomic E-state index is 0.117. The predicted octanol–water partition coefficient (Wildman–Crippen LogP) is 6.03. The van der Waals surface area contributed by atoms with Crippen molar-refractivity contribution >= 4 is 37.6 Å². The molecular weight excluding hydrogens is 528 g/mol. The van der Waals surface area contributed by atoms with E-state index >= 15 is 0 Å². The Hall–Kier alpha value is -4.47. The molecule has 0 bridgehead atoms. The first-order valence-electron chi connectivity index (χ1n) is 12.7. The molecule has 204 valence electrons. The summed E-state index contributed by atoms with van der Waals surface area (Å²) >= 11 is 0. The summed E-state index contributed by atoms with van der Waals surface area (Å²) < 4.78 is 42.1. The molecule has 5 aromatic rings. The van der Waals surface area contributed by atoms with Crippen LogP contribution < -0.4 is 9.47 Å². The zero-order valence-electron chi connectivity index (χ0n) is 21.8. The van der Waals surface area contributed by atoms with Gasteiger partial charge < -0.3 is 14.4 Å². The molecular formula is C31H28N2O6S. The van der Waals surface area contributed by atoms with Crippen LogP contribution in [0.15, 0.2) is 108 Å². The maximum Gasteiger partial charge on any atom is 0.294 e. The van der Waals surface area contributed by atoms with Crippen molar-refractivity contribution in [2.45, 2.75) is 24.0 Å². The summed E-state index contributed by atoms with van der Waals surface area (Å²) in [6.07, 6.45) is 4.67. The lowest BCUT2D eigenvalue weighted by atomic mass is 10.1. The van der Waals surface area contributed by atoms with E-state index in [1.165, 1.54) is 19.2 Å². The first-order chi connectivity index (χ1) is 19.3. The van der Waals surface area contributed by atoms with Gasteiger partial charge in [-0.2, -0.15) is 8.42 Å². The number of hydrogen-bond donors (Lipinski definition) is 1. The number of likely N-dealkylation sites (tertiary alicyclic amines) is 1. The van der Waals surface area contributed by atoms with Crippen LogP contribution in [0.1, 0.15) is 24.6 Å². The molecule has 1 saturated heterocycles. The van der Waals surface area contributed by atoms with Gasteiger partial charge >= 0.3 is 0 Å². The van der Waals surface area contributed by atoms with Crippen molar-refractivity contribution in [2.75, 3.05) is 13.7 Å². The lowest BCUT2D eigenvalue weighted by Crippen LogP contribution is -2.33. The molecule has 1 aliphatic rings. The van der Waals surface area contributed by atoms with Crippen molar-refractivity contribution in [3.8, 4) is 11.5 Å². The Morgan fingerprint density at radius 1 is 0.850 bits per heavy atom. The van der Waals surface area contributed by atoms with Crippen LogP contribution in [0.5, 0.6) is 11.5 Å². The van der Waals surface area contributed by atoms with Crippen LogP contribution in [0.2, 0.25) is 0 Å². The highest BCUT2D eigenvalue weighted by molar-refractivity contribution is 7.85. The van der Waals surface area contributed by atoms with E-state index in [9.17, 15) is 13.2 Å². The van der Waals surface area contributed by atoms with Gasteiger partial charge in [-0.05, 0) is 71.1 Å². The van der Waals surface area contributed by atoms with Crippen LogP contribution in [0.3, 0.4) is 0 Å². The monoisotopic (exact) mass is 556 g/mol. The molecule has 0 radical (unpaired) electrons. The number of para-hydroxylation sites is 1. The van der Waals surface area contributed by atoms with E-state index in [4.69, 9.17) is 14.0 Å². The second kappa shape index (κ2) is 11.7.